The molecule has 1 aromatic heterocycles. The fourth-order valence-electron chi connectivity index (χ4n) is 1.73. The van der Waals surface area contributed by atoms with Crippen molar-refractivity contribution in [2.75, 3.05) is 12.3 Å². The lowest BCUT2D eigenvalue weighted by molar-refractivity contribution is -0.118. The van der Waals surface area contributed by atoms with Crippen LogP contribution >= 0.6 is 11.8 Å². The first kappa shape index (κ1) is 14.2. The van der Waals surface area contributed by atoms with Gasteiger partial charge in [-0.25, -0.2) is 4.98 Å². The fourth-order valence-corrected chi connectivity index (χ4v) is 2.52. The standard InChI is InChI=1S/C15H15N3OS/c1-3-9-16-14(19)11-20-15-17-10-13(18(15)2)12-7-5-4-6-8-12/h1,4-8,10H,9,11H2,2H3,(H,16,19). The van der Waals surface area contributed by atoms with E-state index in [0.717, 1.165) is 16.4 Å². The van der Waals surface area contributed by atoms with Gasteiger partial charge in [-0.15, -0.1) is 6.42 Å². The van der Waals surface area contributed by atoms with Crippen LogP contribution < -0.4 is 5.32 Å². The summed E-state index contributed by atoms with van der Waals surface area (Å²) in [7, 11) is 1.94. The number of carbonyl (C=O) groups is 1. The Labute approximate surface area is 122 Å². The van der Waals surface area contributed by atoms with Gasteiger partial charge in [0.1, 0.15) is 0 Å². The SMILES string of the molecule is C#CCNC(=O)CSc1ncc(-c2ccccc2)n1C. The number of hydrogen-bond acceptors (Lipinski definition) is 3. The maximum absolute atomic E-state index is 11.5. The summed E-state index contributed by atoms with van der Waals surface area (Å²) in [4.78, 5) is 15.8. The van der Waals surface area contributed by atoms with Crippen LogP contribution in [-0.4, -0.2) is 27.8 Å². The Morgan fingerprint density at radius 1 is 1.45 bits per heavy atom. The molecule has 0 saturated carbocycles. The summed E-state index contributed by atoms with van der Waals surface area (Å²) in [5, 5.41) is 3.43. The summed E-state index contributed by atoms with van der Waals surface area (Å²) in [5.41, 5.74) is 2.13. The summed E-state index contributed by atoms with van der Waals surface area (Å²) in [6.07, 6.45) is 6.90. The maximum atomic E-state index is 11.5. The second-order valence-corrected chi connectivity index (χ2v) is 5.06. The third kappa shape index (κ3) is 3.43. The molecule has 1 amide bonds. The number of nitrogens with zero attached hydrogens (tertiary/aromatic N) is 2. The average Bonchev–Trinajstić information content (AvgIpc) is 2.85. The molecule has 102 valence electrons. The molecule has 2 aromatic rings. The third-order valence-corrected chi connectivity index (χ3v) is 3.78. The van der Waals surface area contributed by atoms with Gasteiger partial charge in [-0.3, -0.25) is 4.79 Å². The normalized spacial score (nSPS) is 10.0. The Balaban J connectivity index is 2.03. The summed E-state index contributed by atoms with van der Waals surface area (Å²) in [5.74, 6) is 2.59. The lowest BCUT2D eigenvalue weighted by Crippen LogP contribution is -2.25. The smallest absolute Gasteiger partial charge is 0.231 e. The van der Waals surface area contributed by atoms with E-state index < -0.39 is 0 Å². The first-order chi connectivity index (χ1) is 9.72. The van der Waals surface area contributed by atoms with E-state index in [-0.39, 0.29) is 12.5 Å². The maximum Gasteiger partial charge on any atom is 0.231 e. The van der Waals surface area contributed by atoms with Crippen LogP contribution in [0, 0.1) is 12.3 Å². The number of benzene rings is 1. The number of hydrogen-bond donors (Lipinski definition) is 1. The van der Waals surface area contributed by atoms with Crippen molar-refractivity contribution in [3.8, 4) is 23.6 Å². The number of imidazole rings is 1. The van der Waals surface area contributed by atoms with Crippen molar-refractivity contribution < 1.29 is 4.79 Å². The lowest BCUT2D eigenvalue weighted by atomic mass is 10.2. The zero-order valence-corrected chi connectivity index (χ0v) is 12.0. The monoisotopic (exact) mass is 285 g/mol. The minimum atomic E-state index is -0.0859. The van der Waals surface area contributed by atoms with Crippen molar-refractivity contribution in [1.29, 1.82) is 0 Å². The number of thioether (sulfide) groups is 1. The summed E-state index contributed by atoms with van der Waals surface area (Å²) in [6, 6.07) is 10.0. The van der Waals surface area contributed by atoms with Crippen LogP contribution in [0.5, 0.6) is 0 Å². The van der Waals surface area contributed by atoms with Gasteiger partial charge < -0.3 is 9.88 Å². The topological polar surface area (TPSA) is 46.9 Å². The first-order valence-corrected chi connectivity index (χ1v) is 7.11. The number of nitrogens with one attached hydrogen (secondary N) is 1. The molecule has 1 N–H and O–H groups in total. The quantitative estimate of drug-likeness (QED) is 0.674. The molecule has 0 saturated heterocycles. The molecular weight excluding hydrogens is 270 g/mol. The molecule has 0 spiro atoms. The molecule has 0 unspecified atom stereocenters. The molecule has 0 radical (unpaired) electrons. The Morgan fingerprint density at radius 2 is 2.20 bits per heavy atom. The van der Waals surface area contributed by atoms with Crippen molar-refractivity contribution in [2.24, 2.45) is 7.05 Å². The predicted molar refractivity (Wildman–Crippen MR) is 81.2 cm³/mol. The van der Waals surface area contributed by atoms with Gasteiger partial charge in [0.2, 0.25) is 5.91 Å². The largest absolute Gasteiger partial charge is 0.344 e. The Bertz CT molecular complexity index is 628. The molecule has 0 bridgehead atoms. The highest BCUT2D eigenvalue weighted by Crippen LogP contribution is 2.24. The van der Waals surface area contributed by atoms with Gasteiger partial charge in [-0.2, -0.15) is 0 Å². The van der Waals surface area contributed by atoms with E-state index in [1.165, 1.54) is 11.8 Å². The van der Waals surface area contributed by atoms with Gasteiger partial charge in [0, 0.05) is 7.05 Å². The van der Waals surface area contributed by atoms with E-state index in [4.69, 9.17) is 6.42 Å². The van der Waals surface area contributed by atoms with Gasteiger partial charge in [0.05, 0.1) is 24.2 Å². The Morgan fingerprint density at radius 3 is 2.90 bits per heavy atom. The Kier molecular flexibility index (Phi) is 4.85. The zero-order chi connectivity index (χ0) is 14.4. The van der Waals surface area contributed by atoms with Crippen molar-refractivity contribution in [3.05, 3.63) is 36.5 Å². The molecule has 0 fully saturated rings. The van der Waals surface area contributed by atoms with Crippen molar-refractivity contribution in [3.63, 3.8) is 0 Å². The average molecular weight is 285 g/mol. The van der Waals surface area contributed by atoms with Gasteiger partial charge in [0.15, 0.2) is 5.16 Å². The van der Waals surface area contributed by atoms with Crippen LogP contribution in [0.4, 0.5) is 0 Å². The van der Waals surface area contributed by atoms with Gasteiger partial charge >= 0.3 is 0 Å². The number of amides is 1. The number of terminal acetylenes is 1. The van der Waals surface area contributed by atoms with Crippen molar-refractivity contribution in [2.45, 2.75) is 5.16 Å². The molecule has 0 aliphatic rings. The van der Waals surface area contributed by atoms with Crippen LogP contribution in [0.25, 0.3) is 11.3 Å². The summed E-state index contributed by atoms with van der Waals surface area (Å²) >= 11 is 1.39. The molecule has 2 rings (SSSR count). The van der Waals surface area contributed by atoms with E-state index in [0.29, 0.717) is 5.75 Å². The molecule has 1 heterocycles. The second-order valence-electron chi connectivity index (χ2n) is 4.12. The van der Waals surface area contributed by atoms with Crippen LogP contribution in [0.15, 0.2) is 41.7 Å². The van der Waals surface area contributed by atoms with E-state index in [9.17, 15) is 4.79 Å². The highest BCUT2D eigenvalue weighted by molar-refractivity contribution is 7.99. The zero-order valence-electron chi connectivity index (χ0n) is 11.2. The minimum Gasteiger partial charge on any atom is -0.344 e. The first-order valence-electron chi connectivity index (χ1n) is 6.12. The van der Waals surface area contributed by atoms with Crippen LogP contribution in [0.1, 0.15) is 0 Å². The molecular formula is C15H15N3OS. The van der Waals surface area contributed by atoms with Gasteiger partial charge in [-0.05, 0) is 5.56 Å². The van der Waals surface area contributed by atoms with E-state index in [2.05, 4.69) is 16.2 Å². The summed E-state index contributed by atoms with van der Waals surface area (Å²) in [6.45, 7) is 0.259. The summed E-state index contributed by atoms with van der Waals surface area (Å²) < 4.78 is 1.98. The van der Waals surface area contributed by atoms with Crippen LogP contribution in [-0.2, 0) is 11.8 Å². The van der Waals surface area contributed by atoms with E-state index in [1.807, 2.05) is 48.1 Å². The molecule has 0 aliphatic heterocycles. The highest BCUT2D eigenvalue weighted by Gasteiger charge is 2.10. The molecule has 1 aromatic carbocycles. The van der Waals surface area contributed by atoms with Gasteiger partial charge in [0.25, 0.3) is 0 Å². The van der Waals surface area contributed by atoms with E-state index >= 15 is 0 Å². The molecule has 4 nitrogen and oxygen atoms in total. The molecule has 0 aliphatic carbocycles. The van der Waals surface area contributed by atoms with Crippen molar-refractivity contribution >= 4 is 17.7 Å². The fraction of sp³-hybridized carbons (Fsp3) is 0.200. The second kappa shape index (κ2) is 6.83. The molecule has 0 atom stereocenters. The predicted octanol–water partition coefficient (Wildman–Crippen LogP) is 1.93. The highest BCUT2D eigenvalue weighted by atomic mass is 32.2. The van der Waals surface area contributed by atoms with Crippen molar-refractivity contribution in [1.82, 2.24) is 14.9 Å². The molecule has 20 heavy (non-hydrogen) atoms. The number of rotatable bonds is 5. The third-order valence-electron chi connectivity index (χ3n) is 2.74. The van der Waals surface area contributed by atoms with Gasteiger partial charge in [-0.1, -0.05) is 48.0 Å². The number of aromatic nitrogens is 2. The van der Waals surface area contributed by atoms with Crippen LogP contribution in [0.2, 0.25) is 0 Å². The van der Waals surface area contributed by atoms with Crippen LogP contribution in [0.3, 0.4) is 0 Å². The Hall–Kier alpha value is -2.19. The van der Waals surface area contributed by atoms with E-state index in [1.54, 1.807) is 0 Å². The number of carbonyl (C=O) groups excluding carboxylic acids is 1. The molecule has 5 heteroatoms. The lowest BCUT2D eigenvalue weighted by Gasteiger charge is -2.05. The minimum absolute atomic E-state index is 0.0859.